The van der Waals surface area contributed by atoms with Crippen LogP contribution in [-0.2, 0) is 6.54 Å². The van der Waals surface area contributed by atoms with E-state index >= 15 is 0 Å². The molecule has 6 heteroatoms. The Morgan fingerprint density at radius 2 is 1.92 bits per heavy atom. The lowest BCUT2D eigenvalue weighted by Crippen LogP contribution is -2.25. The predicted octanol–water partition coefficient (Wildman–Crippen LogP) is 1.87. The van der Waals surface area contributed by atoms with Crippen molar-refractivity contribution in [1.82, 2.24) is 9.55 Å². The van der Waals surface area contributed by atoms with Crippen LogP contribution in [0.1, 0.15) is 27.3 Å². The van der Waals surface area contributed by atoms with Gasteiger partial charge < -0.3 is 15.4 Å². The molecule has 1 aromatic carbocycles. The van der Waals surface area contributed by atoms with Crippen LogP contribution in [0, 0.1) is 13.8 Å². The van der Waals surface area contributed by atoms with E-state index in [1.807, 2.05) is 30.3 Å². The molecule has 6 nitrogen and oxygen atoms in total. The Kier molecular flexibility index (Phi) is 3.81. The maximum Gasteiger partial charge on any atom is 0.271 e. The highest BCUT2D eigenvalue weighted by atomic mass is 16.3. The molecule has 2 heterocycles. The van der Waals surface area contributed by atoms with Crippen molar-refractivity contribution in [2.75, 3.05) is 0 Å². The minimum Gasteiger partial charge on any atom is -0.505 e. The molecular weight excluding hydrogens is 306 g/mol. The van der Waals surface area contributed by atoms with Gasteiger partial charge in [-0.3, -0.25) is 9.59 Å². The topological polar surface area (TPSA) is 98.2 Å². The smallest absolute Gasteiger partial charge is 0.271 e. The van der Waals surface area contributed by atoms with Gasteiger partial charge in [0.25, 0.3) is 11.5 Å². The molecule has 122 valence electrons. The molecule has 0 saturated carbocycles. The molecule has 2 aromatic heterocycles. The lowest BCUT2D eigenvalue weighted by molar-refractivity contribution is 0.0993. The summed E-state index contributed by atoms with van der Waals surface area (Å²) >= 11 is 0. The van der Waals surface area contributed by atoms with Crippen molar-refractivity contribution in [1.29, 1.82) is 0 Å². The molecule has 0 radical (unpaired) electrons. The van der Waals surface area contributed by atoms with Gasteiger partial charge in [-0.15, -0.1) is 0 Å². The maximum atomic E-state index is 12.6. The van der Waals surface area contributed by atoms with Gasteiger partial charge in [-0.1, -0.05) is 30.3 Å². The van der Waals surface area contributed by atoms with E-state index in [9.17, 15) is 14.7 Å². The Bertz CT molecular complexity index is 1010. The number of fused-ring (bicyclic) bond motifs is 1. The molecular formula is C18H17N3O3. The Hall–Kier alpha value is -3.15. The zero-order valence-corrected chi connectivity index (χ0v) is 13.4. The van der Waals surface area contributed by atoms with Gasteiger partial charge in [0.2, 0.25) is 0 Å². The van der Waals surface area contributed by atoms with Crippen LogP contribution < -0.4 is 11.3 Å². The van der Waals surface area contributed by atoms with Gasteiger partial charge in [0.05, 0.1) is 17.8 Å². The van der Waals surface area contributed by atoms with Crippen LogP contribution in [0.15, 0.2) is 41.2 Å². The van der Waals surface area contributed by atoms with Gasteiger partial charge in [0, 0.05) is 10.9 Å². The minimum atomic E-state index is -0.809. The molecule has 3 rings (SSSR count). The Morgan fingerprint density at radius 3 is 2.54 bits per heavy atom. The van der Waals surface area contributed by atoms with Gasteiger partial charge >= 0.3 is 0 Å². The summed E-state index contributed by atoms with van der Waals surface area (Å²) in [6, 6.07) is 11.1. The van der Waals surface area contributed by atoms with Gasteiger partial charge in [-0.05, 0) is 25.5 Å². The number of carbonyl (C=O) groups excluding carboxylic acids is 1. The lowest BCUT2D eigenvalue weighted by atomic mass is 10.1. The third-order valence-electron chi connectivity index (χ3n) is 3.99. The van der Waals surface area contributed by atoms with Gasteiger partial charge in [0.15, 0.2) is 11.4 Å². The Labute approximate surface area is 138 Å². The summed E-state index contributed by atoms with van der Waals surface area (Å²) < 4.78 is 1.56. The first-order valence-corrected chi connectivity index (χ1v) is 7.47. The molecule has 3 aromatic rings. The van der Waals surface area contributed by atoms with Crippen LogP contribution in [-0.4, -0.2) is 20.6 Å². The molecule has 0 fully saturated rings. The summed E-state index contributed by atoms with van der Waals surface area (Å²) in [5.41, 5.74) is 7.29. The van der Waals surface area contributed by atoms with Crippen LogP contribution in [0.5, 0.6) is 5.75 Å². The van der Waals surface area contributed by atoms with E-state index in [-0.39, 0.29) is 17.0 Å². The van der Waals surface area contributed by atoms with Crippen LogP contribution in [0.2, 0.25) is 0 Å². The van der Waals surface area contributed by atoms with Crippen molar-refractivity contribution in [3.63, 3.8) is 0 Å². The first-order valence-electron chi connectivity index (χ1n) is 7.47. The van der Waals surface area contributed by atoms with Crippen molar-refractivity contribution >= 4 is 16.8 Å². The second-order valence-corrected chi connectivity index (χ2v) is 5.73. The largest absolute Gasteiger partial charge is 0.505 e. The maximum absolute atomic E-state index is 12.6. The normalized spacial score (nSPS) is 10.9. The van der Waals surface area contributed by atoms with Crippen molar-refractivity contribution in [3.8, 4) is 5.75 Å². The fourth-order valence-corrected chi connectivity index (χ4v) is 2.87. The number of nitrogens with zero attached hydrogens (tertiary/aromatic N) is 2. The number of hydrogen-bond acceptors (Lipinski definition) is 4. The first kappa shape index (κ1) is 15.7. The highest BCUT2D eigenvalue weighted by Crippen LogP contribution is 2.29. The van der Waals surface area contributed by atoms with E-state index in [1.54, 1.807) is 24.5 Å². The third kappa shape index (κ3) is 2.52. The fourth-order valence-electron chi connectivity index (χ4n) is 2.87. The number of aromatic hydroxyl groups is 1. The summed E-state index contributed by atoms with van der Waals surface area (Å²) in [6.45, 7) is 3.70. The number of aromatic nitrogens is 2. The third-order valence-corrected chi connectivity index (χ3v) is 3.99. The van der Waals surface area contributed by atoms with Crippen molar-refractivity contribution in [3.05, 3.63) is 69.3 Å². The number of amides is 1. The highest BCUT2D eigenvalue weighted by molar-refractivity contribution is 6.00. The number of primary amides is 1. The second-order valence-electron chi connectivity index (χ2n) is 5.73. The summed E-state index contributed by atoms with van der Waals surface area (Å²) in [6.07, 6.45) is 0. The van der Waals surface area contributed by atoms with Gasteiger partial charge in [-0.25, -0.2) is 4.98 Å². The number of pyridine rings is 2. The van der Waals surface area contributed by atoms with E-state index in [4.69, 9.17) is 5.73 Å². The summed E-state index contributed by atoms with van der Waals surface area (Å²) in [4.78, 5) is 28.2. The number of carbonyl (C=O) groups is 1. The molecule has 0 unspecified atom stereocenters. The summed E-state index contributed by atoms with van der Waals surface area (Å²) in [7, 11) is 0. The average molecular weight is 323 g/mol. The first-order chi connectivity index (χ1) is 11.4. The summed E-state index contributed by atoms with van der Waals surface area (Å²) in [5.74, 6) is -1.11. The van der Waals surface area contributed by atoms with E-state index in [0.717, 1.165) is 5.56 Å². The fraction of sp³-hybridized carbons (Fsp3) is 0.167. The second kappa shape index (κ2) is 5.81. The molecule has 0 bridgehead atoms. The molecule has 0 aliphatic carbocycles. The van der Waals surface area contributed by atoms with Crippen molar-refractivity contribution in [2.45, 2.75) is 20.4 Å². The van der Waals surface area contributed by atoms with E-state index in [1.165, 1.54) is 0 Å². The summed E-state index contributed by atoms with van der Waals surface area (Å²) in [5, 5.41) is 10.8. The predicted molar refractivity (Wildman–Crippen MR) is 91.2 cm³/mol. The lowest BCUT2D eigenvalue weighted by Gasteiger charge is -2.15. The standard InChI is InChI=1S/C18H17N3O3/c1-10-8-13-15(11(2)20-14(16(13)22)17(19)23)21(18(10)24)9-12-6-4-3-5-7-12/h3-8,22H,9H2,1-2H3,(H2,19,23). The zero-order chi connectivity index (χ0) is 17.4. The minimum absolute atomic E-state index is 0.164. The van der Waals surface area contributed by atoms with Gasteiger partial charge in [-0.2, -0.15) is 0 Å². The molecule has 0 aliphatic heterocycles. The molecule has 0 atom stereocenters. The van der Waals surface area contributed by atoms with Crippen LogP contribution in [0.3, 0.4) is 0 Å². The quantitative estimate of drug-likeness (QED) is 0.768. The Morgan fingerprint density at radius 1 is 1.25 bits per heavy atom. The molecule has 24 heavy (non-hydrogen) atoms. The van der Waals surface area contributed by atoms with Crippen LogP contribution in [0.25, 0.3) is 10.9 Å². The number of hydrogen-bond donors (Lipinski definition) is 2. The molecule has 1 amide bonds. The molecule has 0 spiro atoms. The van der Waals surface area contributed by atoms with Gasteiger partial charge in [0.1, 0.15) is 0 Å². The number of aryl methyl sites for hydroxylation is 2. The highest BCUT2D eigenvalue weighted by Gasteiger charge is 2.19. The van der Waals surface area contributed by atoms with E-state index < -0.39 is 5.91 Å². The molecule has 0 saturated heterocycles. The van der Waals surface area contributed by atoms with Crippen LogP contribution >= 0.6 is 0 Å². The monoisotopic (exact) mass is 323 g/mol. The zero-order valence-electron chi connectivity index (χ0n) is 13.4. The van der Waals surface area contributed by atoms with Crippen molar-refractivity contribution < 1.29 is 9.90 Å². The van der Waals surface area contributed by atoms with E-state index in [2.05, 4.69) is 4.98 Å². The Balaban J connectivity index is 2.36. The number of nitrogens with two attached hydrogens (primary N) is 1. The number of rotatable bonds is 3. The average Bonchev–Trinajstić information content (AvgIpc) is 2.55. The number of benzene rings is 1. The molecule has 0 aliphatic rings. The van der Waals surface area contributed by atoms with E-state index in [0.29, 0.717) is 28.7 Å². The SMILES string of the molecule is Cc1cc2c(O)c(C(N)=O)nc(C)c2n(Cc2ccccc2)c1=O. The van der Waals surface area contributed by atoms with Crippen molar-refractivity contribution in [2.24, 2.45) is 5.73 Å². The molecule has 3 N–H and O–H groups in total. The van der Waals surface area contributed by atoms with Crippen LogP contribution in [0.4, 0.5) is 0 Å².